The molecule has 0 aliphatic carbocycles. The van der Waals surface area contributed by atoms with Gasteiger partial charge in [0.2, 0.25) is 0 Å². The van der Waals surface area contributed by atoms with E-state index in [1.165, 1.54) is 22.8 Å². The Morgan fingerprint density at radius 2 is 2.40 bits per heavy atom. The molecule has 1 atom stereocenters. The smallest absolute Gasteiger partial charge is 0.117 e. The number of hydrogen-bond donors (Lipinski definition) is 1. The maximum absolute atomic E-state index is 4.59. The lowest BCUT2D eigenvalue weighted by Gasteiger charge is -2.05. The first kappa shape index (κ1) is 10.9. The van der Waals surface area contributed by atoms with Gasteiger partial charge in [-0.3, -0.25) is 4.68 Å². The van der Waals surface area contributed by atoms with Gasteiger partial charge in [0.1, 0.15) is 5.03 Å². The predicted octanol–water partition coefficient (Wildman–Crippen LogP) is 2.67. The first-order valence-corrected chi connectivity index (χ1v) is 6.56. The van der Waals surface area contributed by atoms with Crippen LogP contribution in [0, 0.1) is 0 Å². The molecular weight excluding hydrogens is 206 g/mol. The van der Waals surface area contributed by atoms with E-state index < -0.39 is 0 Å². The van der Waals surface area contributed by atoms with Gasteiger partial charge in [0, 0.05) is 18.8 Å². The van der Waals surface area contributed by atoms with Crippen molar-refractivity contribution >= 4 is 17.4 Å². The van der Waals surface area contributed by atoms with Gasteiger partial charge in [0.15, 0.2) is 0 Å². The molecule has 0 spiro atoms. The molecule has 15 heavy (non-hydrogen) atoms. The minimum absolute atomic E-state index is 0.684. The Morgan fingerprint density at radius 3 is 3.13 bits per heavy atom. The number of hydrogen-bond acceptors (Lipinski definition) is 3. The maximum atomic E-state index is 4.59. The van der Waals surface area contributed by atoms with Gasteiger partial charge in [0.25, 0.3) is 0 Å². The van der Waals surface area contributed by atoms with Crippen LogP contribution in [0.5, 0.6) is 0 Å². The van der Waals surface area contributed by atoms with Crippen LogP contribution >= 0.6 is 11.8 Å². The molecule has 0 radical (unpaired) electrons. The SMILES string of the molecule is CCCc1nn(C)c2c1NCCC(C)S2. The number of anilines is 1. The van der Waals surface area contributed by atoms with Crippen LogP contribution in [0.25, 0.3) is 0 Å². The summed E-state index contributed by atoms with van der Waals surface area (Å²) in [7, 11) is 2.05. The Bertz CT molecular complexity index is 346. The zero-order valence-corrected chi connectivity index (χ0v) is 10.5. The van der Waals surface area contributed by atoms with Crippen LogP contribution in [0.3, 0.4) is 0 Å². The molecule has 0 saturated carbocycles. The monoisotopic (exact) mass is 225 g/mol. The fourth-order valence-electron chi connectivity index (χ4n) is 1.94. The third-order valence-electron chi connectivity index (χ3n) is 2.72. The molecule has 4 heteroatoms. The molecular formula is C11H19N3S. The molecule has 1 aromatic heterocycles. The fraction of sp³-hybridized carbons (Fsp3) is 0.727. The maximum Gasteiger partial charge on any atom is 0.117 e. The topological polar surface area (TPSA) is 29.9 Å². The average Bonchev–Trinajstić information content (AvgIpc) is 2.38. The van der Waals surface area contributed by atoms with Crippen LogP contribution in [0.1, 0.15) is 32.4 Å². The van der Waals surface area contributed by atoms with Crippen molar-refractivity contribution in [3.8, 4) is 0 Å². The molecule has 0 bridgehead atoms. The molecule has 1 unspecified atom stereocenters. The summed E-state index contributed by atoms with van der Waals surface area (Å²) in [5.74, 6) is 0. The van der Waals surface area contributed by atoms with Crippen molar-refractivity contribution in [2.75, 3.05) is 11.9 Å². The lowest BCUT2D eigenvalue weighted by molar-refractivity contribution is 0.680. The third-order valence-corrected chi connectivity index (χ3v) is 4.05. The van der Waals surface area contributed by atoms with Crippen LogP contribution in [-0.4, -0.2) is 21.6 Å². The minimum Gasteiger partial charge on any atom is -0.381 e. The van der Waals surface area contributed by atoms with Crippen molar-refractivity contribution in [3.63, 3.8) is 0 Å². The second-order valence-electron chi connectivity index (χ2n) is 4.14. The van der Waals surface area contributed by atoms with Gasteiger partial charge in [-0.1, -0.05) is 20.3 Å². The number of fused-ring (bicyclic) bond motifs is 1. The summed E-state index contributed by atoms with van der Waals surface area (Å²) in [6, 6.07) is 0. The molecule has 1 N–H and O–H groups in total. The first-order chi connectivity index (χ1) is 7.22. The number of nitrogens with one attached hydrogen (secondary N) is 1. The lowest BCUT2D eigenvalue weighted by atomic mass is 10.2. The van der Waals surface area contributed by atoms with Crippen LogP contribution in [0.15, 0.2) is 5.03 Å². The van der Waals surface area contributed by atoms with Gasteiger partial charge in [-0.15, -0.1) is 11.8 Å². The van der Waals surface area contributed by atoms with E-state index in [0.717, 1.165) is 19.4 Å². The Kier molecular flexibility index (Phi) is 3.24. The lowest BCUT2D eigenvalue weighted by Crippen LogP contribution is -2.05. The summed E-state index contributed by atoms with van der Waals surface area (Å²) in [5, 5.41) is 10.1. The van der Waals surface area contributed by atoms with E-state index in [1.54, 1.807) is 0 Å². The molecule has 0 aromatic carbocycles. The van der Waals surface area contributed by atoms with E-state index >= 15 is 0 Å². The summed E-state index contributed by atoms with van der Waals surface area (Å²) >= 11 is 1.94. The van der Waals surface area contributed by atoms with Crippen LogP contribution in [-0.2, 0) is 13.5 Å². The third kappa shape index (κ3) is 2.14. The average molecular weight is 225 g/mol. The molecule has 84 valence electrons. The molecule has 0 fully saturated rings. The van der Waals surface area contributed by atoms with Crippen molar-refractivity contribution in [3.05, 3.63) is 5.69 Å². The molecule has 2 heterocycles. The van der Waals surface area contributed by atoms with Gasteiger partial charge in [-0.2, -0.15) is 5.10 Å². The van der Waals surface area contributed by atoms with Gasteiger partial charge in [-0.25, -0.2) is 0 Å². The molecule has 0 saturated heterocycles. The second-order valence-corrected chi connectivity index (χ2v) is 5.57. The summed E-state index contributed by atoms with van der Waals surface area (Å²) in [6.45, 7) is 5.56. The zero-order chi connectivity index (χ0) is 10.8. The Balaban J connectivity index is 2.34. The van der Waals surface area contributed by atoms with E-state index in [2.05, 4.69) is 24.3 Å². The molecule has 1 aromatic rings. The summed E-state index contributed by atoms with van der Waals surface area (Å²) < 4.78 is 2.03. The number of rotatable bonds is 2. The highest BCUT2D eigenvalue weighted by atomic mass is 32.2. The number of aryl methyl sites for hydroxylation is 2. The fourth-order valence-corrected chi connectivity index (χ4v) is 3.05. The van der Waals surface area contributed by atoms with Gasteiger partial charge in [-0.05, 0) is 12.8 Å². The van der Waals surface area contributed by atoms with Crippen molar-refractivity contribution in [2.45, 2.75) is 43.4 Å². The number of aromatic nitrogens is 2. The van der Waals surface area contributed by atoms with E-state index in [9.17, 15) is 0 Å². The highest BCUT2D eigenvalue weighted by molar-refractivity contribution is 8.00. The summed E-state index contributed by atoms with van der Waals surface area (Å²) in [4.78, 5) is 0. The zero-order valence-electron chi connectivity index (χ0n) is 9.71. The molecule has 2 rings (SSSR count). The molecule has 1 aliphatic heterocycles. The number of thioether (sulfide) groups is 1. The van der Waals surface area contributed by atoms with Crippen molar-refractivity contribution < 1.29 is 0 Å². The van der Waals surface area contributed by atoms with E-state index in [1.807, 2.05) is 23.5 Å². The Hall–Kier alpha value is -0.640. The minimum atomic E-state index is 0.684. The first-order valence-electron chi connectivity index (χ1n) is 5.68. The van der Waals surface area contributed by atoms with Gasteiger partial charge < -0.3 is 5.32 Å². The Morgan fingerprint density at radius 1 is 1.60 bits per heavy atom. The highest BCUT2D eigenvalue weighted by Crippen LogP contribution is 2.36. The quantitative estimate of drug-likeness (QED) is 0.839. The summed E-state index contributed by atoms with van der Waals surface area (Å²) in [6.07, 6.45) is 3.46. The molecule has 3 nitrogen and oxygen atoms in total. The van der Waals surface area contributed by atoms with Gasteiger partial charge >= 0.3 is 0 Å². The highest BCUT2D eigenvalue weighted by Gasteiger charge is 2.20. The summed E-state index contributed by atoms with van der Waals surface area (Å²) in [5.41, 5.74) is 2.52. The standard InChI is InChI=1S/C11H19N3S/c1-4-5-9-10-11(14(3)13-9)15-8(2)6-7-12-10/h8,12H,4-7H2,1-3H3. The van der Waals surface area contributed by atoms with E-state index in [-0.39, 0.29) is 0 Å². The van der Waals surface area contributed by atoms with Crippen molar-refractivity contribution in [2.24, 2.45) is 7.05 Å². The van der Waals surface area contributed by atoms with Crippen molar-refractivity contribution in [1.29, 1.82) is 0 Å². The number of nitrogens with zero attached hydrogens (tertiary/aromatic N) is 2. The van der Waals surface area contributed by atoms with E-state index in [0.29, 0.717) is 5.25 Å². The van der Waals surface area contributed by atoms with Gasteiger partial charge in [0.05, 0.1) is 11.4 Å². The molecule has 0 amide bonds. The van der Waals surface area contributed by atoms with E-state index in [4.69, 9.17) is 0 Å². The molecule has 1 aliphatic rings. The van der Waals surface area contributed by atoms with Crippen molar-refractivity contribution in [1.82, 2.24) is 9.78 Å². The van der Waals surface area contributed by atoms with Crippen LogP contribution in [0.2, 0.25) is 0 Å². The predicted molar refractivity (Wildman–Crippen MR) is 65.6 cm³/mol. The Labute approximate surface area is 95.6 Å². The normalized spacial score (nSPS) is 20.6. The largest absolute Gasteiger partial charge is 0.381 e. The van der Waals surface area contributed by atoms with Crippen LogP contribution in [0.4, 0.5) is 5.69 Å². The van der Waals surface area contributed by atoms with Crippen LogP contribution < -0.4 is 5.32 Å². The second kappa shape index (κ2) is 4.47.